The van der Waals surface area contributed by atoms with Crippen molar-refractivity contribution in [2.75, 3.05) is 25.5 Å². The minimum absolute atomic E-state index is 0.0353. The van der Waals surface area contributed by atoms with Gasteiger partial charge in [0.05, 0.1) is 12.1 Å². The van der Waals surface area contributed by atoms with Crippen molar-refractivity contribution in [2.45, 2.75) is 19.3 Å². The second kappa shape index (κ2) is 6.78. The van der Waals surface area contributed by atoms with Crippen LogP contribution in [0.2, 0.25) is 5.02 Å². The van der Waals surface area contributed by atoms with Crippen LogP contribution >= 0.6 is 11.6 Å². The number of ether oxygens (including phenoxy) is 1. The van der Waals surface area contributed by atoms with Crippen molar-refractivity contribution >= 4 is 23.2 Å². The largest absolute Gasteiger partial charge is 0.495 e. The van der Waals surface area contributed by atoms with Gasteiger partial charge in [0.15, 0.2) is 0 Å². The maximum Gasteiger partial charge on any atom is 0.224 e. The molecule has 1 aromatic rings. The lowest BCUT2D eigenvalue weighted by atomic mass is 10.0. The fourth-order valence-corrected chi connectivity index (χ4v) is 2.52. The van der Waals surface area contributed by atoms with Crippen LogP contribution in [0.5, 0.6) is 5.75 Å². The van der Waals surface area contributed by atoms with Crippen LogP contribution in [0.15, 0.2) is 18.2 Å². The number of nitrogens with one attached hydrogen (secondary N) is 2. The number of anilines is 1. The van der Waals surface area contributed by atoms with Gasteiger partial charge in [-0.25, -0.2) is 0 Å². The van der Waals surface area contributed by atoms with E-state index in [-0.39, 0.29) is 5.91 Å². The Morgan fingerprint density at radius 3 is 3.05 bits per heavy atom. The van der Waals surface area contributed by atoms with Crippen molar-refractivity contribution in [3.05, 3.63) is 23.2 Å². The summed E-state index contributed by atoms with van der Waals surface area (Å²) in [7, 11) is 1.56. The summed E-state index contributed by atoms with van der Waals surface area (Å²) in [5, 5.41) is 6.66. The van der Waals surface area contributed by atoms with Gasteiger partial charge in [-0.2, -0.15) is 0 Å². The number of amides is 1. The molecule has 2 N–H and O–H groups in total. The molecule has 0 radical (unpaired) electrons. The predicted octanol–water partition coefficient (Wildman–Crippen LogP) is 2.68. The number of carbonyl (C=O) groups is 1. The number of benzene rings is 1. The molecule has 0 bridgehead atoms. The number of halogens is 1. The Hall–Kier alpha value is -1.26. The van der Waals surface area contributed by atoms with E-state index in [0.717, 1.165) is 19.5 Å². The standard InChI is InChI=1S/C14H19ClN2O2/c1-19-13-4-3-11(8-12(13)15)17-14(18)5-2-10-6-7-16-9-10/h3-4,8,10,16H,2,5-7,9H2,1H3,(H,17,18). The Morgan fingerprint density at radius 1 is 1.58 bits per heavy atom. The third-order valence-electron chi connectivity index (χ3n) is 3.38. The average molecular weight is 283 g/mol. The minimum Gasteiger partial charge on any atom is -0.495 e. The van der Waals surface area contributed by atoms with Gasteiger partial charge in [-0.05, 0) is 50.0 Å². The number of hydrogen-bond acceptors (Lipinski definition) is 3. The number of hydrogen-bond donors (Lipinski definition) is 2. The van der Waals surface area contributed by atoms with E-state index in [1.54, 1.807) is 25.3 Å². The monoisotopic (exact) mass is 282 g/mol. The second-order valence-electron chi connectivity index (χ2n) is 4.80. The first-order valence-electron chi connectivity index (χ1n) is 6.53. The lowest BCUT2D eigenvalue weighted by Gasteiger charge is -2.10. The highest BCUT2D eigenvalue weighted by Gasteiger charge is 2.15. The maximum absolute atomic E-state index is 11.8. The van der Waals surface area contributed by atoms with Gasteiger partial charge in [0, 0.05) is 12.1 Å². The van der Waals surface area contributed by atoms with Crippen molar-refractivity contribution in [1.82, 2.24) is 5.32 Å². The Labute approximate surface area is 118 Å². The lowest BCUT2D eigenvalue weighted by Crippen LogP contribution is -2.15. The molecule has 1 aliphatic heterocycles. The molecule has 1 atom stereocenters. The molecule has 1 fully saturated rings. The molecule has 1 saturated heterocycles. The first-order valence-corrected chi connectivity index (χ1v) is 6.91. The minimum atomic E-state index is 0.0353. The molecule has 1 heterocycles. The molecule has 0 spiro atoms. The predicted molar refractivity (Wildman–Crippen MR) is 76.8 cm³/mol. The molecule has 2 rings (SSSR count). The summed E-state index contributed by atoms with van der Waals surface area (Å²) in [4.78, 5) is 11.8. The molecule has 19 heavy (non-hydrogen) atoms. The van der Waals surface area contributed by atoms with Crippen LogP contribution in [-0.4, -0.2) is 26.1 Å². The van der Waals surface area contributed by atoms with Crippen LogP contribution in [0.1, 0.15) is 19.3 Å². The first kappa shape index (κ1) is 14.2. The highest BCUT2D eigenvalue weighted by Crippen LogP contribution is 2.27. The van der Waals surface area contributed by atoms with Gasteiger partial charge >= 0.3 is 0 Å². The van der Waals surface area contributed by atoms with Gasteiger partial charge in [-0.15, -0.1) is 0 Å². The van der Waals surface area contributed by atoms with Gasteiger partial charge in [0.25, 0.3) is 0 Å². The third kappa shape index (κ3) is 4.11. The van der Waals surface area contributed by atoms with Crippen molar-refractivity contribution < 1.29 is 9.53 Å². The summed E-state index contributed by atoms with van der Waals surface area (Å²) in [6.07, 6.45) is 2.65. The third-order valence-corrected chi connectivity index (χ3v) is 3.67. The van der Waals surface area contributed by atoms with E-state index in [2.05, 4.69) is 10.6 Å². The van der Waals surface area contributed by atoms with Crippen LogP contribution in [0.25, 0.3) is 0 Å². The zero-order valence-electron chi connectivity index (χ0n) is 11.0. The fourth-order valence-electron chi connectivity index (χ4n) is 2.26. The van der Waals surface area contributed by atoms with E-state index in [4.69, 9.17) is 16.3 Å². The van der Waals surface area contributed by atoms with Crippen molar-refractivity contribution in [2.24, 2.45) is 5.92 Å². The van der Waals surface area contributed by atoms with Crippen LogP contribution in [0.3, 0.4) is 0 Å². The highest BCUT2D eigenvalue weighted by atomic mass is 35.5. The fraction of sp³-hybridized carbons (Fsp3) is 0.500. The molecule has 1 amide bonds. The van der Waals surface area contributed by atoms with Gasteiger partial charge in [-0.3, -0.25) is 4.79 Å². The number of rotatable bonds is 5. The highest BCUT2D eigenvalue weighted by molar-refractivity contribution is 6.32. The van der Waals surface area contributed by atoms with E-state index in [1.807, 2.05) is 0 Å². The maximum atomic E-state index is 11.8. The van der Waals surface area contributed by atoms with Gasteiger partial charge in [0.2, 0.25) is 5.91 Å². The topological polar surface area (TPSA) is 50.4 Å². The molecular weight excluding hydrogens is 264 g/mol. The average Bonchev–Trinajstić information content (AvgIpc) is 2.90. The molecule has 0 aliphatic carbocycles. The molecule has 1 aliphatic rings. The lowest BCUT2D eigenvalue weighted by molar-refractivity contribution is -0.116. The number of methoxy groups -OCH3 is 1. The summed E-state index contributed by atoms with van der Waals surface area (Å²) in [5.74, 6) is 1.27. The molecule has 0 saturated carbocycles. The Balaban J connectivity index is 1.82. The van der Waals surface area contributed by atoms with Crippen LogP contribution in [0, 0.1) is 5.92 Å². The smallest absolute Gasteiger partial charge is 0.224 e. The van der Waals surface area contributed by atoms with E-state index < -0.39 is 0 Å². The van der Waals surface area contributed by atoms with E-state index in [0.29, 0.717) is 28.8 Å². The SMILES string of the molecule is COc1ccc(NC(=O)CCC2CCNC2)cc1Cl. The Bertz CT molecular complexity index is 445. The molecule has 0 aromatic heterocycles. The summed E-state index contributed by atoms with van der Waals surface area (Å²) >= 11 is 6.01. The van der Waals surface area contributed by atoms with Crippen LogP contribution in [0.4, 0.5) is 5.69 Å². The first-order chi connectivity index (χ1) is 9.19. The normalized spacial score (nSPS) is 18.3. The molecule has 1 unspecified atom stereocenters. The van der Waals surface area contributed by atoms with E-state index in [9.17, 15) is 4.79 Å². The van der Waals surface area contributed by atoms with Gasteiger partial charge in [0.1, 0.15) is 5.75 Å². The summed E-state index contributed by atoms with van der Waals surface area (Å²) in [5.41, 5.74) is 0.709. The van der Waals surface area contributed by atoms with E-state index in [1.165, 1.54) is 6.42 Å². The molecular formula is C14H19ClN2O2. The zero-order valence-corrected chi connectivity index (χ0v) is 11.8. The molecule has 104 valence electrons. The summed E-state index contributed by atoms with van der Waals surface area (Å²) in [6, 6.07) is 5.24. The van der Waals surface area contributed by atoms with Gasteiger partial charge in [-0.1, -0.05) is 11.6 Å². The van der Waals surface area contributed by atoms with Crippen LogP contribution in [-0.2, 0) is 4.79 Å². The Morgan fingerprint density at radius 2 is 2.42 bits per heavy atom. The zero-order chi connectivity index (χ0) is 13.7. The number of carbonyl (C=O) groups excluding carboxylic acids is 1. The van der Waals surface area contributed by atoms with Gasteiger partial charge < -0.3 is 15.4 Å². The van der Waals surface area contributed by atoms with Crippen molar-refractivity contribution in [1.29, 1.82) is 0 Å². The van der Waals surface area contributed by atoms with Crippen molar-refractivity contribution in [3.8, 4) is 5.75 Å². The van der Waals surface area contributed by atoms with Crippen molar-refractivity contribution in [3.63, 3.8) is 0 Å². The summed E-state index contributed by atoms with van der Waals surface area (Å²) in [6.45, 7) is 2.10. The van der Waals surface area contributed by atoms with Crippen LogP contribution < -0.4 is 15.4 Å². The second-order valence-corrected chi connectivity index (χ2v) is 5.20. The quantitative estimate of drug-likeness (QED) is 0.873. The molecule has 1 aromatic carbocycles. The molecule has 5 heteroatoms. The Kier molecular flexibility index (Phi) is 5.05. The molecule has 4 nitrogen and oxygen atoms in total. The summed E-state index contributed by atoms with van der Waals surface area (Å²) < 4.78 is 5.07. The van der Waals surface area contributed by atoms with E-state index >= 15 is 0 Å².